The summed E-state index contributed by atoms with van der Waals surface area (Å²) in [5.41, 5.74) is 0.861. The minimum absolute atomic E-state index is 0.0192. The lowest BCUT2D eigenvalue weighted by atomic mass is 9.33. The highest BCUT2D eigenvalue weighted by Gasteiger charge is 2.71. The summed E-state index contributed by atoms with van der Waals surface area (Å²) in [6, 6.07) is 20.0. The zero-order chi connectivity index (χ0) is 41.5. The molecule has 10 atom stereocenters. The number of benzene rings is 2. The fourth-order valence-electron chi connectivity index (χ4n) is 13.2. The summed E-state index contributed by atoms with van der Waals surface area (Å²) in [6.45, 7) is 17.3. The molecule has 1 aromatic heterocycles. The number of amides is 1. The van der Waals surface area contributed by atoms with Crippen LogP contribution in [0.4, 0.5) is 4.79 Å². The number of hydrogen-bond donors (Lipinski definition) is 1. The van der Waals surface area contributed by atoms with Crippen molar-refractivity contribution in [3.63, 3.8) is 0 Å². The third-order valence-electron chi connectivity index (χ3n) is 17.2. The van der Waals surface area contributed by atoms with Gasteiger partial charge in [-0.2, -0.15) is 0 Å². The quantitative estimate of drug-likeness (QED) is 0.235. The van der Waals surface area contributed by atoms with Gasteiger partial charge in [-0.25, -0.2) is 9.59 Å². The van der Waals surface area contributed by atoms with Crippen LogP contribution in [-0.4, -0.2) is 23.4 Å². The number of hydrogen-bond acceptors (Lipinski definition) is 8. The van der Waals surface area contributed by atoms with E-state index in [-0.39, 0.29) is 75.2 Å². The van der Waals surface area contributed by atoms with E-state index < -0.39 is 29.0 Å². The van der Waals surface area contributed by atoms with E-state index >= 15 is 4.79 Å². The van der Waals surface area contributed by atoms with E-state index in [9.17, 15) is 14.4 Å². The molecule has 8 rings (SSSR count). The minimum atomic E-state index is -0.827. The lowest BCUT2D eigenvalue weighted by Gasteiger charge is -2.70. The standard InChI is InChI=1S/C49H61NO8/c1-30-19-21-46(5)38(49(30,8)50-42(53)55-29-37-31(2)56-43(54)57-37)20-22-48(7)40(46)36(51)27-34-35-28-45(4,24-23-44(35,3)25-26-47(34,48)6)41(52)58-39(32-15-11-9-12-16-32)33-17-13-10-14-18-33/h9-18,27,30,35,38-40H,19-26,28-29H2,1-8H3,(H,50,53)/t30-,35-,38+,40+,44+,45-,46-,47+,48+,49+/m0/s1. The molecule has 3 aromatic rings. The van der Waals surface area contributed by atoms with Crippen molar-refractivity contribution in [2.45, 2.75) is 131 Å². The maximum atomic E-state index is 15.1. The van der Waals surface area contributed by atoms with Gasteiger partial charge in [0.15, 0.2) is 30.0 Å². The zero-order valence-corrected chi connectivity index (χ0v) is 35.6. The highest BCUT2D eigenvalue weighted by Crippen LogP contribution is 2.74. The first kappa shape index (κ1) is 40.4. The van der Waals surface area contributed by atoms with E-state index in [4.69, 9.17) is 18.3 Å². The number of ketones is 1. The molecule has 0 spiro atoms. The highest BCUT2D eigenvalue weighted by molar-refractivity contribution is 5.96. The molecule has 2 aromatic carbocycles. The zero-order valence-electron chi connectivity index (χ0n) is 35.6. The van der Waals surface area contributed by atoms with Gasteiger partial charge in [0.1, 0.15) is 0 Å². The second kappa shape index (κ2) is 14.1. The molecule has 0 bridgehead atoms. The van der Waals surface area contributed by atoms with Crippen molar-refractivity contribution in [2.24, 2.45) is 50.7 Å². The smallest absolute Gasteiger partial charge is 0.452 e. The molecule has 310 valence electrons. The van der Waals surface area contributed by atoms with Gasteiger partial charge in [0, 0.05) is 11.5 Å². The maximum absolute atomic E-state index is 15.1. The normalized spacial score (nSPS) is 38.0. The molecular weight excluding hydrogens is 731 g/mol. The van der Waals surface area contributed by atoms with Crippen molar-refractivity contribution in [2.75, 3.05) is 0 Å². The Hall–Kier alpha value is -4.40. The van der Waals surface area contributed by atoms with E-state index in [1.54, 1.807) is 6.92 Å². The Labute approximate surface area is 342 Å². The van der Waals surface area contributed by atoms with Crippen molar-refractivity contribution in [3.05, 3.63) is 106 Å². The molecule has 58 heavy (non-hydrogen) atoms. The maximum Gasteiger partial charge on any atom is 0.519 e. The molecule has 0 saturated heterocycles. The predicted molar refractivity (Wildman–Crippen MR) is 219 cm³/mol. The Kier molecular flexibility index (Phi) is 9.83. The van der Waals surface area contributed by atoms with Crippen molar-refractivity contribution in [1.29, 1.82) is 0 Å². The molecule has 4 fully saturated rings. The van der Waals surface area contributed by atoms with Gasteiger partial charge in [0.05, 0.1) is 5.41 Å². The highest BCUT2D eigenvalue weighted by atomic mass is 16.6. The summed E-state index contributed by atoms with van der Waals surface area (Å²) in [6.07, 6.45) is 8.76. The Balaban J connectivity index is 1.07. The summed E-state index contributed by atoms with van der Waals surface area (Å²) < 4.78 is 22.1. The molecule has 9 heteroatoms. The number of nitrogens with one attached hydrogen (secondary N) is 1. The van der Waals surface area contributed by atoms with Crippen molar-refractivity contribution in [3.8, 4) is 0 Å². The number of aryl methyl sites for hydroxylation is 1. The molecule has 0 radical (unpaired) electrons. The number of rotatable bonds is 7. The van der Waals surface area contributed by atoms with Crippen LogP contribution in [0.2, 0.25) is 0 Å². The van der Waals surface area contributed by atoms with Crippen LogP contribution in [0.15, 0.2) is 85.9 Å². The fourth-order valence-corrected chi connectivity index (χ4v) is 13.2. The van der Waals surface area contributed by atoms with Gasteiger partial charge in [0.25, 0.3) is 0 Å². The van der Waals surface area contributed by atoms with Gasteiger partial charge >= 0.3 is 17.9 Å². The Morgan fingerprint density at radius 1 is 0.828 bits per heavy atom. The molecule has 1 N–H and O–H groups in total. The van der Waals surface area contributed by atoms with Crippen LogP contribution >= 0.6 is 0 Å². The van der Waals surface area contributed by atoms with Crippen LogP contribution in [0.3, 0.4) is 0 Å². The fraction of sp³-hybridized carbons (Fsp3) is 0.592. The molecule has 1 heterocycles. The van der Waals surface area contributed by atoms with E-state index in [1.165, 1.54) is 5.57 Å². The lowest BCUT2D eigenvalue weighted by Crippen LogP contribution is -2.70. The summed E-state index contributed by atoms with van der Waals surface area (Å²) in [5.74, 6) is -0.298. The van der Waals surface area contributed by atoms with E-state index in [0.29, 0.717) is 6.42 Å². The number of ether oxygens (including phenoxy) is 2. The first-order valence-corrected chi connectivity index (χ1v) is 21.5. The molecule has 9 nitrogen and oxygen atoms in total. The molecule has 5 aliphatic rings. The largest absolute Gasteiger partial charge is 0.519 e. The third kappa shape index (κ3) is 6.23. The first-order valence-electron chi connectivity index (χ1n) is 21.5. The topological polar surface area (TPSA) is 125 Å². The van der Waals surface area contributed by atoms with Crippen molar-refractivity contribution >= 4 is 17.8 Å². The Morgan fingerprint density at radius 2 is 1.47 bits per heavy atom. The molecule has 0 aliphatic heterocycles. The Morgan fingerprint density at radius 3 is 2.09 bits per heavy atom. The van der Waals surface area contributed by atoms with Gasteiger partial charge < -0.3 is 23.6 Å². The van der Waals surface area contributed by atoms with Crippen molar-refractivity contribution < 1.29 is 32.7 Å². The molecule has 5 aliphatic carbocycles. The van der Waals surface area contributed by atoms with Gasteiger partial charge in [-0.1, -0.05) is 101 Å². The van der Waals surface area contributed by atoms with Crippen LogP contribution in [0.1, 0.15) is 135 Å². The van der Waals surface area contributed by atoms with Crippen LogP contribution in [0.5, 0.6) is 0 Å². The lowest BCUT2D eigenvalue weighted by molar-refractivity contribution is -0.186. The third-order valence-corrected chi connectivity index (χ3v) is 17.2. The van der Waals surface area contributed by atoms with E-state index in [2.05, 4.69) is 53.8 Å². The average Bonchev–Trinajstić information content (AvgIpc) is 3.52. The minimum Gasteiger partial charge on any atom is -0.452 e. The summed E-state index contributed by atoms with van der Waals surface area (Å²) in [5, 5.41) is 3.27. The summed E-state index contributed by atoms with van der Waals surface area (Å²) in [7, 11) is 0. The number of carbonyl (C=O) groups is 3. The molecular formula is C49H61NO8. The molecule has 4 saturated carbocycles. The van der Waals surface area contributed by atoms with Gasteiger partial charge in [-0.15, -0.1) is 0 Å². The average molecular weight is 792 g/mol. The van der Waals surface area contributed by atoms with Crippen LogP contribution in [-0.2, 0) is 25.7 Å². The number of alkyl carbamates (subject to hydrolysis) is 1. The van der Waals surface area contributed by atoms with Gasteiger partial charge in [0.2, 0.25) is 0 Å². The van der Waals surface area contributed by atoms with Crippen LogP contribution in [0.25, 0.3) is 0 Å². The second-order valence-corrected chi connectivity index (χ2v) is 20.2. The predicted octanol–water partition coefficient (Wildman–Crippen LogP) is 10.4. The monoisotopic (exact) mass is 791 g/mol. The second-order valence-electron chi connectivity index (χ2n) is 20.2. The number of esters is 1. The van der Waals surface area contributed by atoms with E-state index in [1.807, 2.05) is 66.7 Å². The first-order chi connectivity index (χ1) is 27.4. The van der Waals surface area contributed by atoms with Crippen LogP contribution < -0.4 is 11.1 Å². The number of allylic oxidation sites excluding steroid dienone is 2. The molecule has 1 amide bonds. The summed E-state index contributed by atoms with van der Waals surface area (Å²) >= 11 is 0. The number of carbonyl (C=O) groups excluding carboxylic acids is 3. The van der Waals surface area contributed by atoms with Gasteiger partial charge in [-0.3, -0.25) is 9.59 Å². The molecule has 0 unspecified atom stereocenters. The van der Waals surface area contributed by atoms with Crippen molar-refractivity contribution in [1.82, 2.24) is 5.32 Å². The van der Waals surface area contributed by atoms with E-state index in [0.717, 1.165) is 62.5 Å². The van der Waals surface area contributed by atoms with Crippen LogP contribution in [0, 0.1) is 57.7 Å². The van der Waals surface area contributed by atoms with Gasteiger partial charge in [-0.05, 0) is 135 Å². The number of fused-ring (bicyclic) bond motifs is 7. The SMILES string of the molecule is Cc1oc(=O)oc1COC(=O)N[C@@]1(C)[C@@H]2CC[C@]3(C)[C@H](C(=O)C=C4[C@@H]5C[C@@](C)(C(=O)OC(c6ccccc6)c6ccccc6)CC[C@]5(C)CC[C@]43C)[C@@]2(C)CC[C@@H]1C. The Bertz CT molecular complexity index is 2130. The summed E-state index contributed by atoms with van der Waals surface area (Å²) in [4.78, 5) is 54.7.